The first-order chi connectivity index (χ1) is 5.85. The summed E-state index contributed by atoms with van der Waals surface area (Å²) in [5.41, 5.74) is 0. The fraction of sp³-hybridized carbons (Fsp3) is 1.00. The maximum atomic E-state index is 8.94. The molecule has 4 heteroatoms. The van der Waals surface area contributed by atoms with Crippen LogP contribution in [0.25, 0.3) is 0 Å². The Morgan fingerprint density at radius 1 is 1.42 bits per heavy atom. The second-order valence-electron chi connectivity index (χ2n) is 2.62. The highest BCUT2D eigenvalue weighted by atomic mass is 32.2. The van der Waals surface area contributed by atoms with Crippen LogP contribution in [-0.2, 0) is 0 Å². The van der Waals surface area contributed by atoms with Crippen molar-refractivity contribution < 1.29 is 10.2 Å². The van der Waals surface area contributed by atoms with E-state index < -0.39 is 0 Å². The minimum Gasteiger partial charge on any atom is -0.395 e. The van der Waals surface area contributed by atoms with Crippen LogP contribution < -0.4 is 5.32 Å². The standard InChI is InChI=1S/C8H19NO2S/c1-2-5-12-8(6-10)3-4-9-7-11/h8-11H,2-7H2,1H3. The molecule has 0 saturated carbocycles. The quantitative estimate of drug-likeness (QED) is 0.386. The van der Waals surface area contributed by atoms with Gasteiger partial charge in [0.2, 0.25) is 0 Å². The van der Waals surface area contributed by atoms with E-state index in [1.165, 1.54) is 0 Å². The Labute approximate surface area is 78.6 Å². The van der Waals surface area contributed by atoms with E-state index >= 15 is 0 Å². The zero-order chi connectivity index (χ0) is 9.23. The van der Waals surface area contributed by atoms with Crippen molar-refractivity contribution in [1.29, 1.82) is 0 Å². The Kier molecular flexibility index (Phi) is 9.50. The van der Waals surface area contributed by atoms with E-state index in [4.69, 9.17) is 10.2 Å². The molecule has 0 aliphatic heterocycles. The highest BCUT2D eigenvalue weighted by Gasteiger charge is 2.05. The molecule has 12 heavy (non-hydrogen) atoms. The Morgan fingerprint density at radius 3 is 2.67 bits per heavy atom. The molecule has 0 spiro atoms. The average Bonchev–Trinajstić information content (AvgIpc) is 2.11. The number of hydrogen-bond donors (Lipinski definition) is 3. The molecule has 0 aromatic rings. The van der Waals surface area contributed by atoms with E-state index in [2.05, 4.69) is 12.2 Å². The molecule has 1 atom stereocenters. The summed E-state index contributed by atoms with van der Waals surface area (Å²) in [6, 6.07) is 0. The first kappa shape index (κ1) is 12.2. The van der Waals surface area contributed by atoms with Crippen molar-refractivity contribution in [3.05, 3.63) is 0 Å². The average molecular weight is 193 g/mol. The normalized spacial score (nSPS) is 13.2. The van der Waals surface area contributed by atoms with Gasteiger partial charge in [0.15, 0.2) is 0 Å². The molecule has 0 aromatic carbocycles. The molecule has 0 radical (unpaired) electrons. The van der Waals surface area contributed by atoms with Crippen LogP contribution in [0.2, 0.25) is 0 Å². The topological polar surface area (TPSA) is 52.5 Å². The molecule has 3 nitrogen and oxygen atoms in total. The summed E-state index contributed by atoms with van der Waals surface area (Å²) < 4.78 is 0. The lowest BCUT2D eigenvalue weighted by Gasteiger charge is -2.12. The molecule has 0 rings (SSSR count). The van der Waals surface area contributed by atoms with E-state index in [1.807, 2.05) is 0 Å². The Hall–Kier alpha value is 0.230. The van der Waals surface area contributed by atoms with Gasteiger partial charge in [0.1, 0.15) is 0 Å². The first-order valence-electron chi connectivity index (χ1n) is 4.39. The summed E-state index contributed by atoms with van der Waals surface area (Å²) in [4.78, 5) is 0. The number of thioether (sulfide) groups is 1. The fourth-order valence-corrected chi connectivity index (χ4v) is 1.81. The SMILES string of the molecule is CCCSC(CO)CCNCO. The minimum absolute atomic E-state index is 0.0244. The van der Waals surface area contributed by atoms with Crippen molar-refractivity contribution in [3.63, 3.8) is 0 Å². The molecule has 0 aromatic heterocycles. The summed E-state index contributed by atoms with van der Waals surface area (Å²) in [6.07, 6.45) is 2.07. The number of aliphatic hydroxyl groups is 2. The minimum atomic E-state index is 0.0244. The molecule has 0 bridgehead atoms. The summed E-state index contributed by atoms with van der Waals surface area (Å²) in [6.45, 7) is 3.17. The van der Waals surface area contributed by atoms with Crippen molar-refractivity contribution in [2.45, 2.75) is 25.0 Å². The van der Waals surface area contributed by atoms with Gasteiger partial charge in [-0.05, 0) is 25.1 Å². The Balaban J connectivity index is 3.26. The molecular weight excluding hydrogens is 174 g/mol. The van der Waals surface area contributed by atoms with Crippen molar-refractivity contribution in [2.24, 2.45) is 0 Å². The summed E-state index contributed by atoms with van der Waals surface area (Å²) in [5, 5.41) is 20.5. The summed E-state index contributed by atoms with van der Waals surface area (Å²) in [7, 11) is 0. The van der Waals surface area contributed by atoms with Crippen LogP contribution in [-0.4, -0.2) is 41.1 Å². The van der Waals surface area contributed by atoms with E-state index in [1.54, 1.807) is 11.8 Å². The third-order valence-corrected chi connectivity index (χ3v) is 3.02. The van der Waals surface area contributed by atoms with Gasteiger partial charge in [-0.2, -0.15) is 11.8 Å². The Morgan fingerprint density at radius 2 is 2.17 bits per heavy atom. The zero-order valence-electron chi connectivity index (χ0n) is 7.62. The maximum absolute atomic E-state index is 8.94. The lowest BCUT2D eigenvalue weighted by molar-refractivity contribution is 0.253. The second kappa shape index (κ2) is 9.32. The highest BCUT2D eigenvalue weighted by molar-refractivity contribution is 7.99. The van der Waals surface area contributed by atoms with Crippen LogP contribution in [0.4, 0.5) is 0 Å². The molecule has 1 unspecified atom stereocenters. The molecular formula is C8H19NO2S. The number of hydrogen-bond acceptors (Lipinski definition) is 4. The van der Waals surface area contributed by atoms with E-state index in [0.29, 0.717) is 5.25 Å². The van der Waals surface area contributed by atoms with Gasteiger partial charge < -0.3 is 10.2 Å². The predicted molar refractivity (Wildman–Crippen MR) is 53.3 cm³/mol. The largest absolute Gasteiger partial charge is 0.395 e. The fourth-order valence-electron chi connectivity index (χ4n) is 0.854. The molecule has 3 N–H and O–H groups in total. The van der Waals surface area contributed by atoms with Crippen LogP contribution in [0.1, 0.15) is 19.8 Å². The Bertz CT molecular complexity index is 93.1. The van der Waals surface area contributed by atoms with Gasteiger partial charge in [0, 0.05) is 5.25 Å². The van der Waals surface area contributed by atoms with Gasteiger partial charge in [0.05, 0.1) is 13.3 Å². The molecule has 0 aliphatic rings. The van der Waals surface area contributed by atoms with Crippen LogP contribution in [0.5, 0.6) is 0 Å². The maximum Gasteiger partial charge on any atom is 0.0931 e. The summed E-state index contributed by atoms with van der Waals surface area (Å²) >= 11 is 1.80. The third kappa shape index (κ3) is 6.91. The van der Waals surface area contributed by atoms with Crippen LogP contribution in [0.15, 0.2) is 0 Å². The molecule has 0 amide bonds. The smallest absolute Gasteiger partial charge is 0.0931 e. The monoisotopic (exact) mass is 193 g/mol. The van der Waals surface area contributed by atoms with Crippen LogP contribution >= 0.6 is 11.8 Å². The number of rotatable bonds is 8. The third-order valence-electron chi connectivity index (χ3n) is 1.52. The number of aliphatic hydroxyl groups excluding tert-OH is 2. The predicted octanol–water partition coefficient (Wildman–Crippen LogP) is 0.420. The molecule has 0 heterocycles. The van der Waals surface area contributed by atoms with Gasteiger partial charge in [-0.1, -0.05) is 6.92 Å². The summed E-state index contributed by atoms with van der Waals surface area (Å²) in [5.74, 6) is 1.10. The zero-order valence-corrected chi connectivity index (χ0v) is 8.44. The van der Waals surface area contributed by atoms with Crippen molar-refractivity contribution in [1.82, 2.24) is 5.32 Å². The van der Waals surface area contributed by atoms with Crippen LogP contribution in [0, 0.1) is 0 Å². The van der Waals surface area contributed by atoms with E-state index in [-0.39, 0.29) is 13.3 Å². The van der Waals surface area contributed by atoms with Gasteiger partial charge in [-0.25, -0.2) is 0 Å². The van der Waals surface area contributed by atoms with Crippen molar-refractivity contribution >= 4 is 11.8 Å². The van der Waals surface area contributed by atoms with Crippen molar-refractivity contribution in [3.8, 4) is 0 Å². The van der Waals surface area contributed by atoms with E-state index in [9.17, 15) is 0 Å². The first-order valence-corrected chi connectivity index (χ1v) is 5.44. The highest BCUT2D eigenvalue weighted by Crippen LogP contribution is 2.14. The molecule has 0 aliphatic carbocycles. The van der Waals surface area contributed by atoms with Crippen LogP contribution in [0.3, 0.4) is 0 Å². The van der Waals surface area contributed by atoms with Gasteiger partial charge in [-0.3, -0.25) is 5.32 Å². The lowest BCUT2D eigenvalue weighted by Crippen LogP contribution is -2.21. The van der Waals surface area contributed by atoms with Gasteiger partial charge >= 0.3 is 0 Å². The number of nitrogens with one attached hydrogen (secondary N) is 1. The molecule has 0 saturated heterocycles. The van der Waals surface area contributed by atoms with Gasteiger partial charge in [-0.15, -0.1) is 0 Å². The van der Waals surface area contributed by atoms with Crippen molar-refractivity contribution in [2.75, 3.05) is 25.6 Å². The van der Waals surface area contributed by atoms with Gasteiger partial charge in [0.25, 0.3) is 0 Å². The second-order valence-corrected chi connectivity index (χ2v) is 4.03. The lowest BCUT2D eigenvalue weighted by atomic mass is 10.3. The van der Waals surface area contributed by atoms with E-state index in [0.717, 1.165) is 25.1 Å². The molecule has 0 fully saturated rings. The molecule has 74 valence electrons.